The van der Waals surface area contributed by atoms with Crippen molar-refractivity contribution in [1.82, 2.24) is 4.90 Å². The Bertz CT molecular complexity index is 845. The fraction of sp³-hybridized carbons (Fsp3) is 0.333. The molecule has 3 rings (SSSR count). The van der Waals surface area contributed by atoms with Crippen LogP contribution in [0.3, 0.4) is 0 Å². The van der Waals surface area contributed by atoms with Gasteiger partial charge in [0.25, 0.3) is 0 Å². The van der Waals surface area contributed by atoms with Gasteiger partial charge in [0.05, 0.1) is 6.54 Å². The average molecular weight is 386 g/mol. The van der Waals surface area contributed by atoms with Gasteiger partial charge < -0.3 is 10.2 Å². The number of hydrogen-bond donors (Lipinski definition) is 1. The summed E-state index contributed by atoms with van der Waals surface area (Å²) in [5, 5.41) is 3.62. The number of ketones is 1. The van der Waals surface area contributed by atoms with Crippen molar-refractivity contribution >= 4 is 34.7 Å². The highest BCUT2D eigenvalue weighted by Gasteiger charge is 2.20. The summed E-state index contributed by atoms with van der Waals surface area (Å²) in [6, 6.07) is 13.0. The van der Waals surface area contributed by atoms with Crippen LogP contribution in [0, 0.1) is 6.92 Å². The molecule has 0 aromatic heterocycles. The van der Waals surface area contributed by atoms with Crippen molar-refractivity contribution in [2.75, 3.05) is 42.9 Å². The zero-order valence-electron chi connectivity index (χ0n) is 15.7. The predicted octanol–water partition coefficient (Wildman–Crippen LogP) is 3.61. The van der Waals surface area contributed by atoms with Crippen molar-refractivity contribution in [1.29, 1.82) is 0 Å². The molecule has 0 spiro atoms. The van der Waals surface area contributed by atoms with Crippen LogP contribution in [0.25, 0.3) is 0 Å². The topological polar surface area (TPSA) is 52.7 Å². The lowest BCUT2D eigenvalue weighted by Gasteiger charge is -2.36. The zero-order valence-corrected chi connectivity index (χ0v) is 16.4. The summed E-state index contributed by atoms with van der Waals surface area (Å²) in [4.78, 5) is 28.3. The minimum atomic E-state index is -0.0666. The third kappa shape index (κ3) is 5.08. The lowest BCUT2D eigenvalue weighted by molar-refractivity contribution is -0.117. The Balaban J connectivity index is 1.53. The van der Waals surface area contributed by atoms with E-state index in [1.165, 1.54) is 12.5 Å². The largest absolute Gasteiger partial charge is 0.369 e. The van der Waals surface area contributed by atoms with Gasteiger partial charge in [-0.05, 0) is 43.7 Å². The summed E-state index contributed by atoms with van der Waals surface area (Å²) in [7, 11) is 0. The maximum atomic E-state index is 12.3. The van der Waals surface area contributed by atoms with Crippen molar-refractivity contribution < 1.29 is 9.59 Å². The van der Waals surface area contributed by atoms with Gasteiger partial charge >= 0.3 is 0 Å². The molecule has 0 atom stereocenters. The average Bonchev–Trinajstić information content (AvgIpc) is 2.64. The number of amides is 1. The first kappa shape index (κ1) is 19.4. The van der Waals surface area contributed by atoms with Crippen molar-refractivity contribution in [3.63, 3.8) is 0 Å². The smallest absolute Gasteiger partial charge is 0.238 e. The number of rotatable bonds is 5. The summed E-state index contributed by atoms with van der Waals surface area (Å²) in [6.45, 7) is 7.28. The van der Waals surface area contributed by atoms with Crippen molar-refractivity contribution in [2.45, 2.75) is 13.8 Å². The molecular weight excluding hydrogens is 362 g/mol. The summed E-state index contributed by atoms with van der Waals surface area (Å²) in [6.07, 6.45) is 0. The van der Waals surface area contributed by atoms with Gasteiger partial charge in [-0.15, -0.1) is 0 Å². The van der Waals surface area contributed by atoms with Gasteiger partial charge in [-0.3, -0.25) is 14.5 Å². The van der Waals surface area contributed by atoms with Crippen molar-refractivity contribution in [3.05, 3.63) is 58.6 Å². The molecular formula is C21H24ClN3O2. The van der Waals surface area contributed by atoms with Crippen LogP contribution in [-0.2, 0) is 4.79 Å². The molecule has 1 N–H and O–H groups in total. The Labute approximate surface area is 164 Å². The fourth-order valence-corrected chi connectivity index (χ4v) is 3.46. The summed E-state index contributed by atoms with van der Waals surface area (Å²) in [5.41, 5.74) is 3.61. The van der Waals surface area contributed by atoms with Gasteiger partial charge in [-0.1, -0.05) is 29.8 Å². The van der Waals surface area contributed by atoms with Crippen molar-refractivity contribution in [2.24, 2.45) is 0 Å². The van der Waals surface area contributed by atoms with E-state index in [1.54, 1.807) is 24.3 Å². The Morgan fingerprint density at radius 3 is 2.52 bits per heavy atom. The lowest BCUT2D eigenvalue weighted by Crippen LogP contribution is -2.48. The number of halogens is 1. The van der Waals surface area contributed by atoms with Crippen molar-refractivity contribution in [3.8, 4) is 0 Å². The number of nitrogens with zero attached hydrogens (tertiary/aromatic N) is 2. The molecule has 1 heterocycles. The normalized spacial score (nSPS) is 14.9. The molecule has 0 radical (unpaired) electrons. The molecule has 2 aromatic rings. The molecule has 5 nitrogen and oxygen atoms in total. The second-order valence-corrected chi connectivity index (χ2v) is 7.32. The van der Waals surface area contributed by atoms with E-state index in [0.29, 0.717) is 17.8 Å². The Morgan fingerprint density at radius 2 is 1.81 bits per heavy atom. The van der Waals surface area contributed by atoms with Gasteiger partial charge in [0.2, 0.25) is 5.91 Å². The number of piperazine rings is 1. The van der Waals surface area contributed by atoms with Crippen LogP contribution in [0.5, 0.6) is 0 Å². The van der Waals surface area contributed by atoms with E-state index in [4.69, 9.17) is 11.6 Å². The van der Waals surface area contributed by atoms with Crippen LogP contribution >= 0.6 is 11.6 Å². The standard InChI is InChI=1S/C21H24ClN3O2/c1-15-6-7-18(22)13-20(15)25-10-8-24(9-11-25)14-21(27)23-19-5-3-4-17(12-19)16(2)26/h3-7,12-13H,8-11,14H2,1-2H3,(H,23,27). The highest BCUT2D eigenvalue weighted by atomic mass is 35.5. The second-order valence-electron chi connectivity index (χ2n) is 6.88. The van der Waals surface area contributed by atoms with Crippen LogP contribution in [0.4, 0.5) is 11.4 Å². The number of hydrogen-bond acceptors (Lipinski definition) is 4. The third-order valence-electron chi connectivity index (χ3n) is 4.80. The Morgan fingerprint density at radius 1 is 1.07 bits per heavy atom. The van der Waals surface area contributed by atoms with E-state index in [0.717, 1.165) is 36.9 Å². The first-order valence-electron chi connectivity index (χ1n) is 9.06. The van der Waals surface area contributed by atoms with Crippen LogP contribution in [0.1, 0.15) is 22.8 Å². The molecule has 1 amide bonds. The fourth-order valence-electron chi connectivity index (χ4n) is 3.29. The van der Waals surface area contributed by atoms with Gasteiger partial charge in [0, 0.05) is 48.1 Å². The summed E-state index contributed by atoms with van der Waals surface area (Å²) in [5.74, 6) is -0.0818. The molecule has 142 valence electrons. The number of nitrogens with one attached hydrogen (secondary N) is 1. The van der Waals surface area contributed by atoms with Gasteiger partial charge in [0.1, 0.15) is 0 Å². The highest BCUT2D eigenvalue weighted by molar-refractivity contribution is 6.30. The van der Waals surface area contributed by atoms with E-state index < -0.39 is 0 Å². The predicted molar refractivity (Wildman–Crippen MR) is 110 cm³/mol. The molecule has 1 fully saturated rings. The first-order chi connectivity index (χ1) is 12.9. The first-order valence-corrected chi connectivity index (χ1v) is 9.44. The molecule has 0 aliphatic carbocycles. The SMILES string of the molecule is CC(=O)c1cccc(NC(=O)CN2CCN(c3cc(Cl)ccc3C)CC2)c1. The number of carbonyl (C=O) groups excluding carboxylic acids is 2. The van der Waals surface area contributed by atoms with Crippen LogP contribution in [0.2, 0.25) is 5.02 Å². The minimum absolute atomic E-state index is 0.0153. The van der Waals surface area contributed by atoms with Gasteiger partial charge in [0.15, 0.2) is 5.78 Å². The van der Waals surface area contributed by atoms with Crippen LogP contribution in [0.15, 0.2) is 42.5 Å². The number of Topliss-reactive ketones (excluding diaryl/α,β-unsaturated/α-hetero) is 1. The van der Waals surface area contributed by atoms with Gasteiger partial charge in [-0.2, -0.15) is 0 Å². The molecule has 27 heavy (non-hydrogen) atoms. The molecule has 1 saturated heterocycles. The maximum Gasteiger partial charge on any atom is 0.238 e. The highest BCUT2D eigenvalue weighted by Crippen LogP contribution is 2.25. The minimum Gasteiger partial charge on any atom is -0.369 e. The number of benzene rings is 2. The van der Waals surface area contributed by atoms with E-state index >= 15 is 0 Å². The molecule has 1 aliphatic rings. The molecule has 1 aliphatic heterocycles. The zero-order chi connectivity index (χ0) is 19.4. The van der Waals surface area contributed by atoms with Crippen LogP contribution < -0.4 is 10.2 Å². The van der Waals surface area contributed by atoms with E-state index in [9.17, 15) is 9.59 Å². The second kappa shape index (κ2) is 8.55. The number of carbonyl (C=O) groups is 2. The van der Waals surface area contributed by atoms with Gasteiger partial charge in [-0.25, -0.2) is 0 Å². The molecule has 0 saturated carbocycles. The van der Waals surface area contributed by atoms with E-state index in [2.05, 4.69) is 22.0 Å². The molecule has 6 heteroatoms. The molecule has 0 bridgehead atoms. The third-order valence-corrected chi connectivity index (χ3v) is 5.04. The number of aryl methyl sites for hydroxylation is 1. The Kier molecular flexibility index (Phi) is 6.14. The Hall–Kier alpha value is -2.37. The number of anilines is 2. The van der Waals surface area contributed by atoms with E-state index in [1.807, 2.05) is 18.2 Å². The maximum absolute atomic E-state index is 12.3. The lowest BCUT2D eigenvalue weighted by atomic mass is 10.1. The molecule has 2 aromatic carbocycles. The quantitative estimate of drug-likeness (QED) is 0.799. The molecule has 0 unspecified atom stereocenters. The monoisotopic (exact) mass is 385 g/mol. The summed E-state index contributed by atoms with van der Waals surface area (Å²) < 4.78 is 0. The van der Waals surface area contributed by atoms with E-state index in [-0.39, 0.29) is 11.7 Å². The van der Waals surface area contributed by atoms with Crippen LogP contribution in [-0.4, -0.2) is 49.3 Å². The summed E-state index contributed by atoms with van der Waals surface area (Å²) >= 11 is 6.13.